The van der Waals surface area contributed by atoms with Gasteiger partial charge in [-0.05, 0) is 97.9 Å². The predicted octanol–water partition coefficient (Wildman–Crippen LogP) is 8.12. The lowest BCUT2D eigenvalue weighted by Gasteiger charge is -2.33. The number of aromatic amines is 2. The number of halogens is 2. The molecular weight excluding hydrogens is 839 g/mol. The molecule has 6 atom stereocenters. The van der Waals surface area contributed by atoms with Crippen LogP contribution in [0.25, 0.3) is 22.1 Å². The number of alkyl halides is 2. The number of carbonyl (C=O) groups excluding carboxylic acids is 4. The first-order valence-corrected chi connectivity index (χ1v) is 22.5. The van der Waals surface area contributed by atoms with Crippen molar-refractivity contribution in [3.8, 4) is 0 Å². The fraction of sp³-hybridized carbons (Fsp3) is 0.511. The van der Waals surface area contributed by atoms with Gasteiger partial charge >= 0.3 is 12.2 Å². The van der Waals surface area contributed by atoms with Gasteiger partial charge in [-0.2, -0.15) is 8.78 Å². The van der Waals surface area contributed by atoms with Crippen LogP contribution >= 0.6 is 0 Å². The number of amides is 4. The van der Waals surface area contributed by atoms with E-state index in [-0.39, 0.29) is 53.5 Å². The molecule has 6 heterocycles. The van der Waals surface area contributed by atoms with Gasteiger partial charge in [0.2, 0.25) is 11.8 Å². The highest BCUT2D eigenvalue weighted by atomic mass is 19.3. The molecule has 4 N–H and O–H groups in total. The maximum absolute atomic E-state index is 14.4. The Labute approximate surface area is 376 Å². The molecule has 3 aromatic heterocycles. The maximum atomic E-state index is 14.4. The maximum Gasteiger partial charge on any atom is 0.407 e. The minimum absolute atomic E-state index is 0.162. The van der Waals surface area contributed by atoms with Crippen LogP contribution in [-0.4, -0.2) is 98.1 Å². The van der Waals surface area contributed by atoms with Crippen molar-refractivity contribution in [2.45, 2.75) is 115 Å². The normalized spacial score (nSPS) is 21.1. The topological polar surface area (TPSA) is 191 Å². The van der Waals surface area contributed by atoms with Crippen LogP contribution in [0.5, 0.6) is 0 Å². The molecule has 3 saturated heterocycles. The van der Waals surface area contributed by atoms with E-state index < -0.39 is 30.2 Å². The van der Waals surface area contributed by atoms with Crippen molar-refractivity contribution in [2.75, 3.05) is 32.2 Å². The van der Waals surface area contributed by atoms with Crippen molar-refractivity contribution in [3.63, 3.8) is 0 Å². The van der Waals surface area contributed by atoms with Crippen LogP contribution in [0.1, 0.15) is 126 Å². The van der Waals surface area contributed by atoms with Crippen LogP contribution in [0, 0.1) is 11.8 Å². The molecule has 2 aromatic carbocycles. The summed E-state index contributed by atoms with van der Waals surface area (Å²) in [7, 11) is 2.54. The number of nitrogens with one attached hydrogen (secondary N) is 4. The molecule has 18 heteroatoms. The molecule has 65 heavy (non-hydrogen) atoms. The van der Waals surface area contributed by atoms with Crippen molar-refractivity contribution in [2.24, 2.45) is 11.8 Å². The zero-order chi connectivity index (χ0) is 46.3. The number of likely N-dealkylation sites (tertiary alicyclic amines) is 2. The zero-order valence-electron chi connectivity index (χ0n) is 37.9. The summed E-state index contributed by atoms with van der Waals surface area (Å²) >= 11 is 0. The van der Waals surface area contributed by atoms with Gasteiger partial charge in [0, 0.05) is 20.0 Å². The van der Waals surface area contributed by atoms with E-state index in [1.54, 1.807) is 15.9 Å². The molecular formula is C47H58F2N10O6. The molecule has 0 saturated carbocycles. The van der Waals surface area contributed by atoms with Crippen molar-refractivity contribution in [1.29, 1.82) is 0 Å². The minimum atomic E-state index is -3.10. The quantitative estimate of drug-likeness (QED) is 0.0952. The van der Waals surface area contributed by atoms with Crippen LogP contribution in [0.2, 0.25) is 0 Å². The van der Waals surface area contributed by atoms with Gasteiger partial charge in [0.15, 0.2) is 0 Å². The number of ether oxygens (including phenoxy) is 2. The van der Waals surface area contributed by atoms with Crippen molar-refractivity contribution >= 4 is 51.8 Å². The van der Waals surface area contributed by atoms with Crippen LogP contribution < -0.4 is 15.5 Å². The smallest absolute Gasteiger partial charge is 0.407 e. The van der Waals surface area contributed by atoms with E-state index in [0.717, 1.165) is 65.8 Å². The van der Waals surface area contributed by atoms with Gasteiger partial charge in [-0.15, -0.1) is 0 Å². The number of fused-ring (bicyclic) bond motifs is 2. The van der Waals surface area contributed by atoms with Crippen molar-refractivity contribution in [1.82, 2.24) is 45.4 Å². The Morgan fingerprint density at radius 1 is 0.692 bits per heavy atom. The number of carbonyl (C=O) groups is 4. The number of nitrogens with zero attached hydrogens (tertiary/aromatic N) is 6. The number of imidazole rings is 2. The van der Waals surface area contributed by atoms with Crippen LogP contribution in [0.4, 0.5) is 24.1 Å². The number of H-pyrrole nitrogens is 2. The van der Waals surface area contributed by atoms with Crippen LogP contribution in [0.3, 0.4) is 0 Å². The van der Waals surface area contributed by atoms with E-state index >= 15 is 0 Å². The number of aromatic nitrogens is 5. The first kappa shape index (κ1) is 45.2. The lowest BCUT2D eigenvalue weighted by molar-refractivity contribution is -0.136. The summed E-state index contributed by atoms with van der Waals surface area (Å²) in [5.41, 5.74) is 5.48. The van der Waals surface area contributed by atoms with Gasteiger partial charge in [0.05, 0.1) is 72.3 Å². The lowest BCUT2D eigenvalue weighted by Crippen LogP contribution is -2.51. The summed E-state index contributed by atoms with van der Waals surface area (Å²) in [5, 5.41) is 5.40. The molecule has 0 aliphatic carbocycles. The second-order valence-electron chi connectivity index (χ2n) is 18.2. The fourth-order valence-electron chi connectivity index (χ4n) is 9.83. The molecule has 3 unspecified atom stereocenters. The zero-order valence-corrected chi connectivity index (χ0v) is 37.9. The van der Waals surface area contributed by atoms with Crippen LogP contribution in [-0.2, 0) is 25.0 Å². The van der Waals surface area contributed by atoms with Gasteiger partial charge in [0.25, 0.3) is 5.92 Å². The number of anilines is 1. The predicted molar refractivity (Wildman–Crippen MR) is 239 cm³/mol. The molecule has 5 aromatic rings. The Hall–Kier alpha value is -6.33. The molecule has 8 rings (SSSR count). The van der Waals surface area contributed by atoms with Gasteiger partial charge in [0.1, 0.15) is 29.4 Å². The number of hydrogen-bond acceptors (Lipinski definition) is 10. The third kappa shape index (κ3) is 9.03. The van der Waals surface area contributed by atoms with Gasteiger partial charge in [-0.25, -0.2) is 19.6 Å². The third-order valence-electron chi connectivity index (χ3n) is 13.2. The SMILES string of the molecule is COC(=O)NC(C(=O)N1CCCC1c1nc2ccc([C@H]3CCC(c4ccc5nc([C@@H]6CCCN6C(=O)[C@@H](NC(=O)OC)C(C)C)[nH]c5c4)N3c3ccc(C(C)(F)F)nc3)cc2[nH]1)C(C)C. The Bertz CT molecular complexity index is 2410. The van der Waals surface area contributed by atoms with E-state index in [4.69, 9.17) is 19.4 Å². The highest BCUT2D eigenvalue weighted by Gasteiger charge is 2.41. The largest absolute Gasteiger partial charge is 0.453 e. The molecule has 0 spiro atoms. The highest BCUT2D eigenvalue weighted by molar-refractivity contribution is 5.87. The van der Waals surface area contributed by atoms with Crippen LogP contribution in [0.15, 0.2) is 54.7 Å². The fourth-order valence-corrected chi connectivity index (χ4v) is 9.83. The lowest BCUT2D eigenvalue weighted by atomic mass is 10.0. The van der Waals surface area contributed by atoms with E-state index in [2.05, 4.69) is 42.6 Å². The van der Waals surface area contributed by atoms with E-state index in [0.29, 0.717) is 43.3 Å². The molecule has 0 bridgehead atoms. The van der Waals surface area contributed by atoms with Gasteiger partial charge in [-0.3, -0.25) is 14.6 Å². The molecule has 4 amide bonds. The van der Waals surface area contributed by atoms with Crippen molar-refractivity contribution < 1.29 is 37.4 Å². The monoisotopic (exact) mass is 896 g/mol. The molecule has 3 aliphatic heterocycles. The number of methoxy groups -OCH3 is 2. The highest BCUT2D eigenvalue weighted by Crippen LogP contribution is 2.48. The number of benzene rings is 2. The summed E-state index contributed by atoms with van der Waals surface area (Å²) < 4.78 is 38.4. The molecule has 3 fully saturated rings. The summed E-state index contributed by atoms with van der Waals surface area (Å²) in [5.74, 6) is -2.47. The second kappa shape index (κ2) is 18.3. The van der Waals surface area contributed by atoms with E-state index in [1.165, 1.54) is 26.5 Å². The number of hydrogen-bond donors (Lipinski definition) is 4. The number of pyridine rings is 1. The summed E-state index contributed by atoms with van der Waals surface area (Å²) in [6.07, 6.45) is 4.70. The Kier molecular flexibility index (Phi) is 12.7. The Morgan fingerprint density at radius 3 is 1.54 bits per heavy atom. The summed E-state index contributed by atoms with van der Waals surface area (Å²) in [6.45, 7) is 9.43. The van der Waals surface area contributed by atoms with E-state index in [9.17, 15) is 28.0 Å². The van der Waals surface area contributed by atoms with Gasteiger partial charge in [-0.1, -0.05) is 39.8 Å². The second-order valence-corrected chi connectivity index (χ2v) is 18.2. The first-order valence-electron chi connectivity index (χ1n) is 22.5. The first-order chi connectivity index (χ1) is 31.1. The Balaban J connectivity index is 1.09. The molecule has 3 aliphatic rings. The number of alkyl carbamates (subject to hydrolysis) is 2. The average molecular weight is 897 g/mol. The molecule has 0 radical (unpaired) electrons. The standard InChI is InChI=1S/C47H58F2N10O6/c1-25(2)39(55-45(62)64-6)43(60)57-20-8-10-36(57)41-51-30-15-12-27(22-32(30)53-41)34-17-18-35(59(34)29-14-19-38(50-24-29)47(5,48)49)28-13-16-31-33(23-28)54-42(52-31)37-11-9-21-58(37)44(61)40(26(3)4)56-46(63)65-7/h12-16,19,22-26,34-37,39-40H,8-11,17-18,20-21H2,1-7H3,(H,51,53)(H,52,54)(H,55,62)(H,56,63)/t34-,35?,36?,37+,39?,40+/m1/s1. The summed E-state index contributed by atoms with van der Waals surface area (Å²) in [4.78, 5) is 78.9. The van der Waals surface area contributed by atoms with Crippen molar-refractivity contribution in [3.05, 3.63) is 83.2 Å². The summed E-state index contributed by atoms with van der Waals surface area (Å²) in [6, 6.07) is 12.8. The van der Waals surface area contributed by atoms with Gasteiger partial charge < -0.3 is 44.8 Å². The molecule has 16 nitrogen and oxygen atoms in total. The third-order valence-corrected chi connectivity index (χ3v) is 13.2. The Morgan fingerprint density at radius 2 is 1.15 bits per heavy atom. The molecule has 346 valence electrons. The number of rotatable bonds is 12. The van der Waals surface area contributed by atoms with E-state index in [1.807, 2.05) is 52.0 Å². The minimum Gasteiger partial charge on any atom is -0.453 e. The average Bonchev–Trinajstić information content (AvgIpc) is 4.14.